The van der Waals surface area contributed by atoms with Crippen molar-refractivity contribution in [2.75, 3.05) is 13.1 Å². The molecule has 4 heteroatoms. The highest BCUT2D eigenvalue weighted by Crippen LogP contribution is 1.82. The summed E-state index contributed by atoms with van der Waals surface area (Å²) in [5, 5.41) is 2.49. The maximum atomic E-state index is 10.3. The summed E-state index contributed by atoms with van der Waals surface area (Å²) in [6, 6.07) is 0. The smallest absolute Gasteiger partial charge is 0.247 e. The van der Waals surface area contributed by atoms with E-state index in [9.17, 15) is 4.79 Å². The van der Waals surface area contributed by atoms with Crippen LogP contribution in [0.2, 0.25) is 0 Å². The highest BCUT2D eigenvalue weighted by Gasteiger charge is 2.09. The van der Waals surface area contributed by atoms with Gasteiger partial charge in [0.05, 0.1) is 6.54 Å². The molecule has 0 unspecified atom stereocenters. The summed E-state index contributed by atoms with van der Waals surface area (Å²) in [4.78, 5) is 14.1. The molecule has 1 aliphatic rings. The van der Waals surface area contributed by atoms with Crippen LogP contribution < -0.4 is 11.1 Å². The minimum Gasteiger partial charge on any atom is -0.324 e. The molecule has 8 heavy (non-hydrogen) atoms. The summed E-state index contributed by atoms with van der Waals surface area (Å²) in [5.74, 6) is 0.528. The summed E-state index contributed by atoms with van der Waals surface area (Å²) in [7, 11) is 0. The zero-order valence-electron chi connectivity index (χ0n) is 4.35. The van der Waals surface area contributed by atoms with E-state index < -0.39 is 0 Å². The number of carbonyl (C=O) groups excluding carboxylic acids is 1. The third kappa shape index (κ3) is 0.840. The number of rotatable bonds is 1. The van der Waals surface area contributed by atoms with Gasteiger partial charge in [0.15, 0.2) is 0 Å². The summed E-state index contributed by atoms with van der Waals surface area (Å²) in [5.41, 5.74) is 5.15. The van der Waals surface area contributed by atoms with Crippen molar-refractivity contribution in [2.45, 2.75) is 0 Å². The van der Waals surface area contributed by atoms with Crippen molar-refractivity contribution in [3.63, 3.8) is 0 Å². The molecule has 0 aromatic rings. The van der Waals surface area contributed by atoms with Crippen molar-refractivity contribution in [1.82, 2.24) is 5.32 Å². The number of nitrogens with two attached hydrogens (primary N) is 1. The van der Waals surface area contributed by atoms with E-state index in [0.717, 1.165) is 0 Å². The van der Waals surface area contributed by atoms with Crippen molar-refractivity contribution in [2.24, 2.45) is 10.7 Å². The Balaban J connectivity index is 2.49. The number of nitrogens with one attached hydrogen (secondary N) is 1. The van der Waals surface area contributed by atoms with Gasteiger partial charge in [-0.2, -0.15) is 0 Å². The van der Waals surface area contributed by atoms with E-state index in [1.54, 1.807) is 0 Å². The van der Waals surface area contributed by atoms with Crippen molar-refractivity contribution in [3.05, 3.63) is 0 Å². The second-order valence-electron chi connectivity index (χ2n) is 1.52. The van der Waals surface area contributed by atoms with Gasteiger partial charge >= 0.3 is 0 Å². The topological polar surface area (TPSA) is 67.5 Å². The molecule has 0 spiro atoms. The first kappa shape index (κ1) is 5.24. The third-order valence-corrected chi connectivity index (χ3v) is 0.891. The van der Waals surface area contributed by atoms with Crippen LogP contribution in [0.25, 0.3) is 0 Å². The Morgan fingerprint density at radius 1 is 1.88 bits per heavy atom. The standard InChI is InChI=1S/C4H7N3O/c5-1-3-6-2-4(8)7-3/h1-2,5H2,(H,6,7,8). The minimum atomic E-state index is -0.0644. The summed E-state index contributed by atoms with van der Waals surface area (Å²) < 4.78 is 0. The number of hydrogen-bond acceptors (Lipinski definition) is 3. The van der Waals surface area contributed by atoms with Crippen LogP contribution in [0.1, 0.15) is 0 Å². The highest BCUT2D eigenvalue weighted by atomic mass is 16.2. The molecule has 0 atom stereocenters. The molecule has 4 nitrogen and oxygen atoms in total. The van der Waals surface area contributed by atoms with Gasteiger partial charge in [-0.05, 0) is 0 Å². The van der Waals surface area contributed by atoms with Crippen LogP contribution in [0.4, 0.5) is 0 Å². The zero-order valence-corrected chi connectivity index (χ0v) is 4.35. The molecule has 0 bridgehead atoms. The maximum Gasteiger partial charge on any atom is 0.247 e. The van der Waals surface area contributed by atoms with E-state index in [1.165, 1.54) is 0 Å². The van der Waals surface area contributed by atoms with Crippen LogP contribution in [0.5, 0.6) is 0 Å². The molecule has 0 saturated heterocycles. The van der Waals surface area contributed by atoms with Crippen LogP contribution in [-0.2, 0) is 4.79 Å². The Kier molecular flexibility index (Phi) is 1.26. The first-order valence-corrected chi connectivity index (χ1v) is 2.36. The molecule has 0 radical (unpaired) electrons. The molecule has 3 N–H and O–H groups in total. The Morgan fingerprint density at radius 3 is 2.88 bits per heavy atom. The van der Waals surface area contributed by atoms with Crippen LogP contribution in [0.15, 0.2) is 4.99 Å². The Bertz CT molecular complexity index is 140. The predicted molar refractivity (Wildman–Crippen MR) is 29.5 cm³/mol. The van der Waals surface area contributed by atoms with Gasteiger partial charge in [0, 0.05) is 0 Å². The highest BCUT2D eigenvalue weighted by molar-refractivity contribution is 6.04. The average Bonchev–Trinajstić information content (AvgIpc) is 2.14. The van der Waals surface area contributed by atoms with Crippen molar-refractivity contribution in [1.29, 1.82) is 0 Å². The largest absolute Gasteiger partial charge is 0.324 e. The van der Waals surface area contributed by atoms with Crippen LogP contribution in [-0.4, -0.2) is 24.8 Å². The average molecular weight is 113 g/mol. The van der Waals surface area contributed by atoms with Crippen LogP contribution in [0, 0.1) is 0 Å². The van der Waals surface area contributed by atoms with Crippen LogP contribution in [0.3, 0.4) is 0 Å². The van der Waals surface area contributed by atoms with E-state index in [-0.39, 0.29) is 12.5 Å². The summed E-state index contributed by atoms with van der Waals surface area (Å²) in [6.07, 6.45) is 0. The van der Waals surface area contributed by atoms with E-state index in [0.29, 0.717) is 12.4 Å². The molecule has 44 valence electrons. The lowest BCUT2D eigenvalue weighted by Crippen LogP contribution is -2.30. The Labute approximate surface area is 46.8 Å². The molecule has 1 heterocycles. The fourth-order valence-corrected chi connectivity index (χ4v) is 0.523. The minimum absolute atomic E-state index is 0.0644. The molecule has 0 aromatic carbocycles. The molecule has 1 amide bonds. The Hall–Kier alpha value is -0.900. The third-order valence-electron chi connectivity index (χ3n) is 0.891. The molecule has 0 aliphatic carbocycles. The number of carbonyl (C=O) groups is 1. The van der Waals surface area contributed by atoms with Gasteiger partial charge < -0.3 is 11.1 Å². The first-order valence-electron chi connectivity index (χ1n) is 2.36. The van der Waals surface area contributed by atoms with Crippen molar-refractivity contribution < 1.29 is 4.79 Å². The lowest BCUT2D eigenvalue weighted by atomic mass is 10.6. The van der Waals surface area contributed by atoms with E-state index in [4.69, 9.17) is 5.73 Å². The molecule has 1 aliphatic heterocycles. The fourth-order valence-electron chi connectivity index (χ4n) is 0.523. The molecule has 0 aromatic heterocycles. The second-order valence-corrected chi connectivity index (χ2v) is 1.52. The molecular formula is C4H7N3O. The molecular weight excluding hydrogens is 106 g/mol. The fraction of sp³-hybridized carbons (Fsp3) is 0.500. The molecule has 0 saturated carbocycles. The normalized spacial score (nSPS) is 18.1. The van der Waals surface area contributed by atoms with Crippen LogP contribution >= 0.6 is 0 Å². The number of hydrogen-bond donors (Lipinski definition) is 2. The van der Waals surface area contributed by atoms with E-state index in [1.807, 2.05) is 0 Å². The van der Waals surface area contributed by atoms with Gasteiger partial charge in [-0.25, -0.2) is 0 Å². The quantitative estimate of drug-likeness (QED) is 0.433. The molecule has 1 rings (SSSR count). The zero-order chi connectivity index (χ0) is 5.98. The van der Waals surface area contributed by atoms with Gasteiger partial charge in [-0.3, -0.25) is 9.79 Å². The number of aliphatic imine (C=N–C) groups is 1. The number of nitrogens with zero attached hydrogens (tertiary/aromatic N) is 1. The first-order chi connectivity index (χ1) is 3.83. The monoisotopic (exact) mass is 113 g/mol. The number of amides is 1. The van der Waals surface area contributed by atoms with Gasteiger partial charge in [-0.15, -0.1) is 0 Å². The molecule has 0 fully saturated rings. The summed E-state index contributed by atoms with van der Waals surface area (Å²) >= 11 is 0. The van der Waals surface area contributed by atoms with Gasteiger partial charge in [0.1, 0.15) is 12.4 Å². The Morgan fingerprint density at radius 2 is 2.62 bits per heavy atom. The van der Waals surface area contributed by atoms with E-state index >= 15 is 0 Å². The lowest BCUT2D eigenvalue weighted by molar-refractivity contribution is -0.117. The SMILES string of the molecule is NCC1=NCC(=O)N1. The summed E-state index contributed by atoms with van der Waals surface area (Å²) in [6.45, 7) is 0.568. The number of amidine groups is 1. The van der Waals surface area contributed by atoms with Crippen molar-refractivity contribution in [3.8, 4) is 0 Å². The van der Waals surface area contributed by atoms with Gasteiger partial charge in [-0.1, -0.05) is 0 Å². The van der Waals surface area contributed by atoms with Gasteiger partial charge in [0.25, 0.3) is 0 Å². The van der Waals surface area contributed by atoms with Crippen molar-refractivity contribution >= 4 is 11.7 Å². The van der Waals surface area contributed by atoms with E-state index in [2.05, 4.69) is 10.3 Å². The predicted octanol–water partition coefficient (Wildman–Crippen LogP) is -1.53. The maximum absolute atomic E-state index is 10.3. The lowest BCUT2D eigenvalue weighted by Gasteiger charge is -1.90. The van der Waals surface area contributed by atoms with Gasteiger partial charge in [0.2, 0.25) is 5.91 Å². The second kappa shape index (κ2) is 1.92.